The molecule has 1 fully saturated rings. The van der Waals surface area contributed by atoms with Gasteiger partial charge in [-0.15, -0.1) is 0 Å². The summed E-state index contributed by atoms with van der Waals surface area (Å²) in [4.78, 5) is 20.5. The minimum absolute atomic E-state index is 0.0718. The first-order chi connectivity index (χ1) is 10.6. The molecule has 22 heavy (non-hydrogen) atoms. The molecule has 0 spiro atoms. The summed E-state index contributed by atoms with van der Waals surface area (Å²) in [6.07, 6.45) is 2.45. The van der Waals surface area contributed by atoms with Gasteiger partial charge in [0.05, 0.1) is 18.2 Å². The Morgan fingerprint density at radius 1 is 1.41 bits per heavy atom. The van der Waals surface area contributed by atoms with Gasteiger partial charge in [0, 0.05) is 38.4 Å². The van der Waals surface area contributed by atoms with Gasteiger partial charge in [0.25, 0.3) is 0 Å². The minimum atomic E-state index is -0.0718. The van der Waals surface area contributed by atoms with Crippen LogP contribution >= 0.6 is 11.6 Å². The fourth-order valence-corrected chi connectivity index (χ4v) is 2.74. The van der Waals surface area contributed by atoms with Crippen LogP contribution in [0.15, 0.2) is 18.3 Å². The fraction of sp³-hybridized carbons (Fsp3) is 0.600. The van der Waals surface area contributed by atoms with E-state index in [1.807, 2.05) is 0 Å². The average Bonchev–Trinajstić information content (AvgIpc) is 2.52. The lowest BCUT2D eigenvalue weighted by molar-refractivity contribution is -0.117. The van der Waals surface area contributed by atoms with Crippen LogP contribution in [-0.2, 0) is 4.79 Å². The van der Waals surface area contributed by atoms with Crippen molar-refractivity contribution in [2.45, 2.75) is 19.4 Å². The molecule has 0 bridgehead atoms. The smallest absolute Gasteiger partial charge is 0.239 e. The van der Waals surface area contributed by atoms with Crippen molar-refractivity contribution in [2.75, 3.05) is 44.6 Å². The summed E-state index contributed by atoms with van der Waals surface area (Å²) in [6, 6.07) is 3.61. The molecule has 1 unspecified atom stereocenters. The summed E-state index contributed by atoms with van der Waals surface area (Å²) >= 11 is 5.76. The predicted molar refractivity (Wildman–Crippen MR) is 87.1 cm³/mol. The van der Waals surface area contributed by atoms with Gasteiger partial charge in [0.15, 0.2) is 0 Å². The highest BCUT2D eigenvalue weighted by Gasteiger charge is 2.23. The van der Waals surface area contributed by atoms with E-state index in [-0.39, 0.29) is 18.6 Å². The quantitative estimate of drug-likeness (QED) is 0.818. The highest BCUT2D eigenvalue weighted by Crippen LogP contribution is 2.11. The Balaban J connectivity index is 1.75. The Labute approximate surface area is 136 Å². The van der Waals surface area contributed by atoms with Gasteiger partial charge in [-0.2, -0.15) is 0 Å². The lowest BCUT2D eigenvalue weighted by Gasteiger charge is -2.38. The van der Waals surface area contributed by atoms with Gasteiger partial charge >= 0.3 is 0 Å². The van der Waals surface area contributed by atoms with E-state index >= 15 is 0 Å². The van der Waals surface area contributed by atoms with Crippen LogP contribution in [0.5, 0.6) is 0 Å². The number of rotatable bonds is 6. The molecule has 2 N–H and O–H groups in total. The number of aliphatic hydroxyl groups excluding tert-OH is 1. The highest BCUT2D eigenvalue weighted by atomic mass is 35.5. The van der Waals surface area contributed by atoms with Gasteiger partial charge in [0.1, 0.15) is 5.82 Å². The maximum Gasteiger partial charge on any atom is 0.239 e. The number of aromatic nitrogens is 1. The van der Waals surface area contributed by atoms with Crippen molar-refractivity contribution >= 4 is 23.3 Å². The standard InChI is InChI=1S/C15H23ClN4O2/c1-2-13(11-21)20-7-5-19(6-8-20)10-15(22)18-14-4-3-12(16)9-17-14/h3-4,9,13,21H,2,5-8,10-11H2,1H3,(H,17,18,22). The SMILES string of the molecule is CCC(CO)N1CCN(CC(=O)Nc2ccc(Cl)cn2)CC1. The van der Waals surface area contributed by atoms with Crippen LogP contribution in [0.2, 0.25) is 5.02 Å². The van der Waals surface area contributed by atoms with Crippen LogP contribution in [0, 0.1) is 0 Å². The predicted octanol–water partition coefficient (Wildman–Crippen LogP) is 1.06. The van der Waals surface area contributed by atoms with Gasteiger partial charge < -0.3 is 10.4 Å². The molecule has 6 nitrogen and oxygen atoms in total. The van der Waals surface area contributed by atoms with Crippen LogP contribution in [0.3, 0.4) is 0 Å². The largest absolute Gasteiger partial charge is 0.395 e. The molecule has 7 heteroatoms. The van der Waals surface area contributed by atoms with Crippen molar-refractivity contribution in [3.8, 4) is 0 Å². The van der Waals surface area contributed by atoms with Gasteiger partial charge in [-0.05, 0) is 18.6 Å². The number of amides is 1. The van der Waals surface area contributed by atoms with Gasteiger partial charge in [0.2, 0.25) is 5.91 Å². The number of carbonyl (C=O) groups is 1. The molecule has 0 aromatic carbocycles. The molecule has 1 aliphatic rings. The zero-order chi connectivity index (χ0) is 15.9. The zero-order valence-electron chi connectivity index (χ0n) is 12.8. The normalized spacial score (nSPS) is 18.1. The van der Waals surface area contributed by atoms with Crippen molar-refractivity contribution in [3.63, 3.8) is 0 Å². The van der Waals surface area contributed by atoms with Gasteiger partial charge in [-0.1, -0.05) is 18.5 Å². The molecule has 1 saturated heterocycles. The highest BCUT2D eigenvalue weighted by molar-refractivity contribution is 6.30. The molecule has 2 heterocycles. The second kappa shape index (κ2) is 8.43. The molecule has 0 saturated carbocycles. The first-order valence-electron chi connectivity index (χ1n) is 7.61. The number of anilines is 1. The summed E-state index contributed by atoms with van der Waals surface area (Å²) in [5.74, 6) is 0.442. The van der Waals surface area contributed by atoms with Crippen molar-refractivity contribution < 1.29 is 9.90 Å². The van der Waals surface area contributed by atoms with E-state index in [0.29, 0.717) is 17.4 Å². The van der Waals surface area contributed by atoms with Crippen molar-refractivity contribution in [3.05, 3.63) is 23.4 Å². The van der Waals surface area contributed by atoms with E-state index in [2.05, 4.69) is 27.0 Å². The molecular formula is C15H23ClN4O2. The second-order valence-electron chi connectivity index (χ2n) is 5.47. The lowest BCUT2D eigenvalue weighted by Crippen LogP contribution is -2.52. The molecule has 2 rings (SSSR count). The van der Waals surface area contributed by atoms with Crippen LogP contribution in [0.4, 0.5) is 5.82 Å². The maximum atomic E-state index is 12.0. The van der Waals surface area contributed by atoms with Crippen LogP contribution in [0.1, 0.15) is 13.3 Å². The summed E-state index contributed by atoms with van der Waals surface area (Å²) < 4.78 is 0. The molecule has 1 aromatic heterocycles. The zero-order valence-corrected chi connectivity index (χ0v) is 13.6. The van der Waals surface area contributed by atoms with Crippen molar-refractivity contribution in [1.29, 1.82) is 0 Å². The molecule has 122 valence electrons. The van der Waals surface area contributed by atoms with E-state index < -0.39 is 0 Å². The molecule has 0 aliphatic carbocycles. The minimum Gasteiger partial charge on any atom is -0.395 e. The van der Waals surface area contributed by atoms with Gasteiger partial charge in [-0.3, -0.25) is 14.6 Å². The summed E-state index contributed by atoms with van der Waals surface area (Å²) in [5.41, 5.74) is 0. The average molecular weight is 327 g/mol. The number of hydrogen-bond donors (Lipinski definition) is 2. The monoisotopic (exact) mass is 326 g/mol. The summed E-state index contributed by atoms with van der Waals surface area (Å²) in [6.45, 7) is 6.06. The number of halogens is 1. The number of nitrogens with one attached hydrogen (secondary N) is 1. The second-order valence-corrected chi connectivity index (χ2v) is 5.90. The molecule has 1 aliphatic heterocycles. The number of hydrogen-bond acceptors (Lipinski definition) is 5. The van der Waals surface area contributed by atoms with Crippen LogP contribution < -0.4 is 5.32 Å². The number of carbonyl (C=O) groups excluding carboxylic acids is 1. The molecule has 0 radical (unpaired) electrons. The maximum absolute atomic E-state index is 12.0. The van der Waals surface area contributed by atoms with E-state index in [4.69, 9.17) is 11.6 Å². The third-order valence-corrected chi connectivity index (χ3v) is 4.19. The van der Waals surface area contributed by atoms with Crippen LogP contribution in [0.25, 0.3) is 0 Å². The summed E-state index contributed by atoms with van der Waals surface area (Å²) in [7, 11) is 0. The first-order valence-corrected chi connectivity index (χ1v) is 7.98. The number of pyridine rings is 1. The number of nitrogens with zero attached hydrogens (tertiary/aromatic N) is 3. The molecule has 1 amide bonds. The van der Waals surface area contributed by atoms with E-state index in [1.54, 1.807) is 12.1 Å². The Morgan fingerprint density at radius 3 is 2.68 bits per heavy atom. The van der Waals surface area contributed by atoms with Crippen LogP contribution in [-0.4, -0.2) is 71.2 Å². The third-order valence-electron chi connectivity index (χ3n) is 3.97. The topological polar surface area (TPSA) is 68.7 Å². The first kappa shape index (κ1) is 17.1. The Bertz CT molecular complexity index is 471. The van der Waals surface area contributed by atoms with Crippen molar-refractivity contribution in [1.82, 2.24) is 14.8 Å². The summed E-state index contributed by atoms with van der Waals surface area (Å²) in [5, 5.41) is 12.7. The van der Waals surface area contributed by atoms with Gasteiger partial charge in [-0.25, -0.2) is 4.98 Å². The Hall–Kier alpha value is -1.21. The van der Waals surface area contributed by atoms with Crippen molar-refractivity contribution in [2.24, 2.45) is 0 Å². The van der Waals surface area contributed by atoms with E-state index in [0.717, 1.165) is 32.6 Å². The lowest BCUT2D eigenvalue weighted by atomic mass is 10.1. The fourth-order valence-electron chi connectivity index (χ4n) is 2.62. The molecule has 1 aromatic rings. The molecule has 1 atom stereocenters. The van der Waals surface area contributed by atoms with E-state index in [9.17, 15) is 9.90 Å². The third kappa shape index (κ3) is 4.91. The molecular weight excluding hydrogens is 304 g/mol. The van der Waals surface area contributed by atoms with E-state index in [1.165, 1.54) is 6.20 Å². The number of aliphatic hydroxyl groups is 1. The Morgan fingerprint density at radius 2 is 2.14 bits per heavy atom. The number of piperazine rings is 1. The Kier molecular flexibility index (Phi) is 6.57.